The number of benzene rings is 1. The number of hydrogen-bond donors (Lipinski definition) is 2. The fraction of sp³-hybridized carbons (Fsp3) is 0. The van der Waals surface area contributed by atoms with Crippen molar-refractivity contribution in [2.45, 2.75) is 0 Å². The lowest BCUT2D eigenvalue weighted by Crippen LogP contribution is -1.98. The Morgan fingerprint density at radius 3 is 2.53 bits per heavy atom. The Bertz CT molecular complexity index is 603. The molecule has 1 aromatic carbocycles. The fourth-order valence-corrected chi connectivity index (χ4v) is 1.20. The number of rotatable bonds is 0. The highest BCUT2D eigenvalue weighted by Gasteiger charge is 2.17. The van der Waals surface area contributed by atoms with Crippen LogP contribution in [-0.4, -0.2) is 10.2 Å². The lowest BCUT2D eigenvalue weighted by molar-refractivity contribution is 0.390. The first-order valence-corrected chi connectivity index (χ1v) is 3.84. The summed E-state index contributed by atoms with van der Waals surface area (Å²) in [5.74, 6) is -4.53. The quantitative estimate of drug-likeness (QED) is 0.651. The van der Waals surface area contributed by atoms with E-state index in [2.05, 4.69) is 4.42 Å². The number of phenolic OH excluding ortho intramolecular Hbond substituents is 1. The molecule has 4 nitrogen and oxygen atoms in total. The molecule has 0 unspecified atom stereocenters. The van der Waals surface area contributed by atoms with E-state index < -0.39 is 34.3 Å². The summed E-state index contributed by atoms with van der Waals surface area (Å²) in [6, 6.07) is 1.35. The highest BCUT2D eigenvalue weighted by molar-refractivity contribution is 5.84. The van der Waals surface area contributed by atoms with Gasteiger partial charge in [-0.2, -0.15) is 4.39 Å². The highest BCUT2D eigenvalue weighted by Crippen LogP contribution is 2.31. The van der Waals surface area contributed by atoms with Gasteiger partial charge in [0.2, 0.25) is 5.82 Å². The Morgan fingerprint density at radius 2 is 1.87 bits per heavy atom. The van der Waals surface area contributed by atoms with Crippen LogP contribution in [0.15, 0.2) is 21.3 Å². The molecule has 0 aliphatic carbocycles. The van der Waals surface area contributed by atoms with Crippen LogP contribution in [0.2, 0.25) is 0 Å². The molecule has 0 spiro atoms. The van der Waals surface area contributed by atoms with Crippen LogP contribution in [0.5, 0.6) is 11.5 Å². The number of hydrogen-bond acceptors (Lipinski definition) is 4. The fourth-order valence-electron chi connectivity index (χ4n) is 1.20. The third kappa shape index (κ3) is 1.30. The Hall–Kier alpha value is -2.11. The molecule has 0 bridgehead atoms. The normalized spacial score (nSPS) is 10.8. The Labute approximate surface area is 81.0 Å². The molecule has 0 aliphatic rings. The van der Waals surface area contributed by atoms with Gasteiger partial charge >= 0.3 is 5.63 Å². The van der Waals surface area contributed by atoms with E-state index in [4.69, 9.17) is 5.11 Å². The van der Waals surface area contributed by atoms with E-state index in [-0.39, 0.29) is 5.39 Å². The van der Waals surface area contributed by atoms with E-state index in [9.17, 15) is 18.7 Å². The van der Waals surface area contributed by atoms with Crippen LogP contribution in [0.25, 0.3) is 11.0 Å². The molecule has 0 aliphatic heterocycles. The average Bonchev–Trinajstić information content (AvgIpc) is 2.17. The summed E-state index contributed by atoms with van der Waals surface area (Å²) < 4.78 is 30.4. The molecule has 1 aromatic heterocycles. The molecule has 0 saturated heterocycles. The number of phenols is 1. The summed E-state index contributed by atoms with van der Waals surface area (Å²) in [6.45, 7) is 0. The lowest BCUT2D eigenvalue weighted by atomic mass is 10.2. The second-order valence-electron chi connectivity index (χ2n) is 2.85. The predicted molar refractivity (Wildman–Crippen MR) is 45.7 cm³/mol. The standard InChI is InChI=1S/C9H4F2O4/c10-4-1-3-5(12)2-6(13)15-9(3)7(11)8(4)14/h1-2,12,14H. The van der Waals surface area contributed by atoms with Crippen LogP contribution in [0.4, 0.5) is 8.78 Å². The maximum atomic E-state index is 13.2. The van der Waals surface area contributed by atoms with Gasteiger partial charge in [-0.05, 0) is 6.07 Å². The number of fused-ring (bicyclic) bond motifs is 1. The third-order valence-electron chi connectivity index (χ3n) is 1.88. The van der Waals surface area contributed by atoms with Crippen LogP contribution in [-0.2, 0) is 0 Å². The minimum absolute atomic E-state index is 0.317. The van der Waals surface area contributed by atoms with Gasteiger partial charge in [-0.25, -0.2) is 9.18 Å². The number of halogens is 2. The molecule has 15 heavy (non-hydrogen) atoms. The van der Waals surface area contributed by atoms with Gasteiger partial charge in [0, 0.05) is 0 Å². The van der Waals surface area contributed by atoms with Crippen molar-refractivity contribution in [3.05, 3.63) is 34.2 Å². The molecule has 0 radical (unpaired) electrons. The lowest BCUT2D eigenvalue weighted by Gasteiger charge is -2.02. The van der Waals surface area contributed by atoms with Gasteiger partial charge in [0.15, 0.2) is 17.1 Å². The Morgan fingerprint density at radius 1 is 1.20 bits per heavy atom. The van der Waals surface area contributed by atoms with Gasteiger partial charge in [-0.15, -0.1) is 0 Å². The van der Waals surface area contributed by atoms with Gasteiger partial charge in [-0.3, -0.25) is 0 Å². The van der Waals surface area contributed by atoms with Gasteiger partial charge < -0.3 is 14.6 Å². The minimum atomic E-state index is -1.42. The van der Waals surface area contributed by atoms with E-state index in [0.717, 1.165) is 0 Å². The summed E-state index contributed by atoms with van der Waals surface area (Å²) in [5.41, 5.74) is -1.68. The van der Waals surface area contributed by atoms with E-state index in [1.165, 1.54) is 0 Å². The molecule has 2 aromatic rings. The number of aromatic hydroxyl groups is 2. The van der Waals surface area contributed by atoms with E-state index >= 15 is 0 Å². The van der Waals surface area contributed by atoms with Crippen molar-refractivity contribution in [3.8, 4) is 11.5 Å². The van der Waals surface area contributed by atoms with Crippen molar-refractivity contribution < 1.29 is 23.4 Å². The molecule has 1 heterocycles. The summed E-state index contributed by atoms with van der Waals surface area (Å²) in [5, 5.41) is 17.8. The van der Waals surface area contributed by atoms with Crippen LogP contribution in [0.3, 0.4) is 0 Å². The molecular weight excluding hydrogens is 210 g/mol. The first kappa shape index (κ1) is 9.45. The van der Waals surface area contributed by atoms with E-state index in [1.54, 1.807) is 0 Å². The van der Waals surface area contributed by atoms with Crippen molar-refractivity contribution in [3.63, 3.8) is 0 Å². The summed E-state index contributed by atoms with van der Waals surface area (Å²) in [7, 11) is 0. The largest absolute Gasteiger partial charge is 0.507 e. The smallest absolute Gasteiger partial charge is 0.340 e. The monoisotopic (exact) mass is 214 g/mol. The minimum Gasteiger partial charge on any atom is -0.507 e. The Balaban J connectivity index is 3.05. The van der Waals surface area contributed by atoms with Crippen LogP contribution in [0, 0.1) is 11.6 Å². The molecule has 2 N–H and O–H groups in total. The molecule has 0 atom stereocenters. The molecular formula is C9H4F2O4. The second-order valence-corrected chi connectivity index (χ2v) is 2.85. The molecule has 2 rings (SSSR count). The topological polar surface area (TPSA) is 70.7 Å². The highest BCUT2D eigenvalue weighted by atomic mass is 19.1. The Kier molecular flexibility index (Phi) is 1.85. The van der Waals surface area contributed by atoms with Crippen molar-refractivity contribution in [2.24, 2.45) is 0 Å². The van der Waals surface area contributed by atoms with Crippen molar-refractivity contribution in [2.75, 3.05) is 0 Å². The van der Waals surface area contributed by atoms with Crippen LogP contribution in [0.1, 0.15) is 0 Å². The maximum Gasteiger partial charge on any atom is 0.340 e. The predicted octanol–water partition coefficient (Wildman–Crippen LogP) is 1.48. The van der Waals surface area contributed by atoms with Crippen molar-refractivity contribution in [1.29, 1.82) is 0 Å². The molecule has 0 saturated carbocycles. The molecule has 6 heteroatoms. The zero-order chi connectivity index (χ0) is 11.2. The van der Waals surface area contributed by atoms with Crippen molar-refractivity contribution in [1.82, 2.24) is 0 Å². The molecule has 0 amide bonds. The van der Waals surface area contributed by atoms with Crippen LogP contribution >= 0.6 is 0 Å². The van der Waals surface area contributed by atoms with Crippen LogP contribution < -0.4 is 5.63 Å². The molecule has 78 valence electrons. The van der Waals surface area contributed by atoms with E-state index in [1.807, 2.05) is 0 Å². The van der Waals surface area contributed by atoms with Gasteiger partial charge in [0.1, 0.15) is 5.75 Å². The van der Waals surface area contributed by atoms with Crippen molar-refractivity contribution >= 4 is 11.0 Å². The first-order chi connectivity index (χ1) is 7.00. The zero-order valence-electron chi connectivity index (χ0n) is 7.12. The van der Waals surface area contributed by atoms with Gasteiger partial charge in [0.05, 0.1) is 11.5 Å². The third-order valence-corrected chi connectivity index (χ3v) is 1.88. The summed E-state index contributed by atoms with van der Waals surface area (Å²) in [6.07, 6.45) is 0. The summed E-state index contributed by atoms with van der Waals surface area (Å²) in [4.78, 5) is 10.8. The SMILES string of the molecule is O=c1cc(O)c2cc(F)c(O)c(F)c2o1. The average molecular weight is 214 g/mol. The summed E-state index contributed by atoms with van der Waals surface area (Å²) >= 11 is 0. The van der Waals surface area contributed by atoms with E-state index in [0.29, 0.717) is 12.1 Å². The molecule has 0 fully saturated rings. The van der Waals surface area contributed by atoms with Gasteiger partial charge in [-0.1, -0.05) is 0 Å². The second kappa shape index (κ2) is 2.94. The van der Waals surface area contributed by atoms with Gasteiger partial charge in [0.25, 0.3) is 0 Å². The zero-order valence-corrected chi connectivity index (χ0v) is 7.12. The first-order valence-electron chi connectivity index (χ1n) is 3.84. The maximum absolute atomic E-state index is 13.2.